The third kappa shape index (κ3) is 2.69. The molecule has 2 aromatic rings. The van der Waals surface area contributed by atoms with Gasteiger partial charge in [0, 0.05) is 30.9 Å². The predicted octanol–water partition coefficient (Wildman–Crippen LogP) is 2.84. The van der Waals surface area contributed by atoms with Gasteiger partial charge in [0.1, 0.15) is 0 Å². The quantitative estimate of drug-likeness (QED) is 0.695. The fourth-order valence-corrected chi connectivity index (χ4v) is 2.11. The lowest BCUT2D eigenvalue weighted by Gasteiger charge is -2.09. The van der Waals surface area contributed by atoms with Crippen LogP contribution in [0.15, 0.2) is 12.1 Å². The molecule has 2 rings (SSSR count). The summed E-state index contributed by atoms with van der Waals surface area (Å²) in [5.41, 5.74) is 1.40. The normalized spacial score (nSPS) is 10.7. The SMILES string of the molecule is Cc1nn(C)c(C)c1CNc1c([N+](=O)[O-])ccc(F)c1F. The number of halogens is 2. The van der Waals surface area contributed by atoms with Crippen molar-refractivity contribution in [3.63, 3.8) is 0 Å². The molecule has 0 aliphatic carbocycles. The highest BCUT2D eigenvalue weighted by Crippen LogP contribution is 2.29. The molecule has 21 heavy (non-hydrogen) atoms. The van der Waals surface area contributed by atoms with Gasteiger partial charge >= 0.3 is 0 Å². The van der Waals surface area contributed by atoms with Gasteiger partial charge in [0.05, 0.1) is 10.6 Å². The van der Waals surface area contributed by atoms with Crippen LogP contribution in [0.2, 0.25) is 0 Å². The van der Waals surface area contributed by atoms with E-state index in [1.807, 2.05) is 6.92 Å². The first-order chi connectivity index (χ1) is 9.82. The Bertz CT molecular complexity index is 713. The van der Waals surface area contributed by atoms with Crippen molar-refractivity contribution in [2.24, 2.45) is 7.05 Å². The number of hydrogen-bond donors (Lipinski definition) is 1. The van der Waals surface area contributed by atoms with Crippen molar-refractivity contribution in [3.8, 4) is 0 Å². The number of rotatable bonds is 4. The highest BCUT2D eigenvalue weighted by molar-refractivity contribution is 5.62. The zero-order chi connectivity index (χ0) is 15.7. The topological polar surface area (TPSA) is 73.0 Å². The minimum Gasteiger partial charge on any atom is -0.373 e. The summed E-state index contributed by atoms with van der Waals surface area (Å²) < 4.78 is 28.7. The van der Waals surface area contributed by atoms with Gasteiger partial charge in [-0.05, 0) is 19.9 Å². The highest BCUT2D eigenvalue weighted by atomic mass is 19.2. The van der Waals surface area contributed by atoms with Crippen LogP contribution in [-0.4, -0.2) is 14.7 Å². The van der Waals surface area contributed by atoms with Crippen LogP contribution in [0.25, 0.3) is 0 Å². The Morgan fingerprint density at radius 2 is 2.05 bits per heavy atom. The monoisotopic (exact) mass is 296 g/mol. The molecule has 8 heteroatoms. The number of anilines is 1. The molecule has 0 saturated carbocycles. The van der Waals surface area contributed by atoms with Crippen LogP contribution in [0.1, 0.15) is 17.0 Å². The molecule has 1 heterocycles. The van der Waals surface area contributed by atoms with Crippen LogP contribution in [0.5, 0.6) is 0 Å². The maximum atomic E-state index is 13.8. The molecule has 112 valence electrons. The van der Waals surface area contributed by atoms with E-state index in [1.54, 1.807) is 18.7 Å². The summed E-state index contributed by atoms with van der Waals surface area (Å²) in [4.78, 5) is 10.1. The molecule has 0 amide bonds. The lowest BCUT2D eigenvalue weighted by Crippen LogP contribution is -2.07. The Hall–Kier alpha value is -2.51. The molecular weight excluding hydrogens is 282 g/mol. The third-order valence-corrected chi connectivity index (χ3v) is 3.37. The maximum absolute atomic E-state index is 13.8. The summed E-state index contributed by atoms with van der Waals surface area (Å²) in [5, 5.41) is 17.7. The molecule has 1 aromatic carbocycles. The van der Waals surface area contributed by atoms with Crippen molar-refractivity contribution in [2.75, 3.05) is 5.32 Å². The van der Waals surface area contributed by atoms with E-state index in [2.05, 4.69) is 10.4 Å². The molecule has 6 nitrogen and oxygen atoms in total. The number of aryl methyl sites for hydroxylation is 2. The molecule has 0 atom stereocenters. The Kier molecular flexibility index (Phi) is 3.88. The van der Waals surface area contributed by atoms with Gasteiger partial charge in [-0.25, -0.2) is 8.78 Å². The molecule has 0 radical (unpaired) electrons. The van der Waals surface area contributed by atoms with E-state index in [9.17, 15) is 18.9 Å². The van der Waals surface area contributed by atoms with Gasteiger partial charge in [0.15, 0.2) is 17.3 Å². The van der Waals surface area contributed by atoms with Crippen LogP contribution >= 0.6 is 0 Å². The summed E-state index contributed by atoms with van der Waals surface area (Å²) in [5.74, 6) is -2.40. The Labute approximate surface area is 119 Å². The second-order valence-electron chi connectivity index (χ2n) is 4.64. The minimum atomic E-state index is -1.26. The average molecular weight is 296 g/mol. The molecular formula is C13H14F2N4O2. The zero-order valence-corrected chi connectivity index (χ0v) is 11.8. The number of benzene rings is 1. The van der Waals surface area contributed by atoms with Gasteiger partial charge < -0.3 is 5.32 Å². The van der Waals surface area contributed by atoms with Gasteiger partial charge in [-0.15, -0.1) is 0 Å². The molecule has 0 unspecified atom stereocenters. The fraction of sp³-hybridized carbons (Fsp3) is 0.308. The average Bonchev–Trinajstić information content (AvgIpc) is 2.65. The van der Waals surface area contributed by atoms with Crippen LogP contribution in [0, 0.1) is 35.6 Å². The van der Waals surface area contributed by atoms with E-state index >= 15 is 0 Å². The smallest absolute Gasteiger partial charge is 0.295 e. The van der Waals surface area contributed by atoms with Crippen molar-refractivity contribution in [3.05, 3.63) is 50.8 Å². The maximum Gasteiger partial charge on any atom is 0.295 e. The van der Waals surface area contributed by atoms with Crippen LogP contribution < -0.4 is 5.32 Å². The Balaban J connectivity index is 2.36. The fourth-order valence-electron chi connectivity index (χ4n) is 2.11. The van der Waals surface area contributed by atoms with Gasteiger partial charge in [-0.2, -0.15) is 5.10 Å². The summed E-state index contributed by atoms with van der Waals surface area (Å²) in [7, 11) is 1.76. The molecule has 0 aliphatic heterocycles. The van der Waals surface area contributed by atoms with Crippen molar-refractivity contribution >= 4 is 11.4 Å². The van der Waals surface area contributed by atoms with Crippen molar-refractivity contribution in [1.82, 2.24) is 9.78 Å². The number of hydrogen-bond acceptors (Lipinski definition) is 4. The van der Waals surface area contributed by atoms with E-state index in [0.29, 0.717) is 0 Å². The predicted molar refractivity (Wildman–Crippen MR) is 73.0 cm³/mol. The minimum absolute atomic E-state index is 0.118. The standard InChI is InChI=1S/C13H14F2N4O2/c1-7-9(8(2)18(3)17-7)6-16-13-11(19(20)21)5-4-10(14)12(13)15/h4-5,16H,6H2,1-3H3. The van der Waals surface area contributed by atoms with E-state index in [0.717, 1.165) is 29.1 Å². The van der Waals surface area contributed by atoms with E-state index in [-0.39, 0.29) is 6.54 Å². The lowest BCUT2D eigenvalue weighted by molar-refractivity contribution is -0.384. The molecule has 1 aromatic heterocycles. The largest absolute Gasteiger partial charge is 0.373 e. The number of nitro benzene ring substituents is 1. The molecule has 0 fully saturated rings. The number of nitrogens with zero attached hydrogens (tertiary/aromatic N) is 3. The first-order valence-electron chi connectivity index (χ1n) is 6.18. The molecule has 0 spiro atoms. The van der Waals surface area contributed by atoms with Crippen molar-refractivity contribution in [1.29, 1.82) is 0 Å². The summed E-state index contributed by atoms with van der Waals surface area (Å²) in [6.07, 6.45) is 0. The van der Waals surface area contributed by atoms with Gasteiger partial charge in [0.25, 0.3) is 5.69 Å². The molecule has 0 saturated heterocycles. The van der Waals surface area contributed by atoms with Gasteiger partial charge in [-0.3, -0.25) is 14.8 Å². The van der Waals surface area contributed by atoms with Gasteiger partial charge in [0.2, 0.25) is 0 Å². The third-order valence-electron chi connectivity index (χ3n) is 3.37. The van der Waals surface area contributed by atoms with E-state index < -0.39 is 27.9 Å². The molecule has 0 aliphatic rings. The number of nitrogens with one attached hydrogen (secondary N) is 1. The summed E-state index contributed by atoms with van der Waals surface area (Å²) in [6.45, 7) is 3.72. The second-order valence-corrected chi connectivity index (χ2v) is 4.64. The lowest BCUT2D eigenvalue weighted by atomic mass is 10.2. The van der Waals surface area contributed by atoms with E-state index in [4.69, 9.17) is 0 Å². The highest BCUT2D eigenvalue weighted by Gasteiger charge is 2.22. The van der Waals surface area contributed by atoms with Crippen LogP contribution in [0.4, 0.5) is 20.2 Å². The second kappa shape index (κ2) is 5.47. The summed E-state index contributed by atoms with van der Waals surface area (Å²) >= 11 is 0. The van der Waals surface area contributed by atoms with Crippen molar-refractivity contribution in [2.45, 2.75) is 20.4 Å². The summed E-state index contributed by atoms with van der Waals surface area (Å²) in [6, 6.07) is 1.67. The number of aromatic nitrogens is 2. The first-order valence-corrected chi connectivity index (χ1v) is 6.18. The Morgan fingerprint density at radius 1 is 1.38 bits per heavy atom. The Morgan fingerprint density at radius 3 is 2.57 bits per heavy atom. The zero-order valence-electron chi connectivity index (χ0n) is 11.8. The molecule has 0 bridgehead atoms. The first kappa shape index (κ1) is 14.9. The van der Waals surface area contributed by atoms with Crippen molar-refractivity contribution < 1.29 is 13.7 Å². The van der Waals surface area contributed by atoms with E-state index in [1.165, 1.54) is 0 Å². The number of nitro groups is 1. The van der Waals surface area contributed by atoms with Crippen LogP contribution in [0.3, 0.4) is 0 Å². The van der Waals surface area contributed by atoms with Crippen LogP contribution in [-0.2, 0) is 13.6 Å². The van der Waals surface area contributed by atoms with Gasteiger partial charge in [-0.1, -0.05) is 0 Å². The molecule has 1 N–H and O–H groups in total.